The lowest BCUT2D eigenvalue weighted by molar-refractivity contribution is -0.151. The predicted octanol–water partition coefficient (Wildman–Crippen LogP) is 4.78. The van der Waals surface area contributed by atoms with Crippen LogP contribution in [0.15, 0.2) is 30.3 Å². The minimum atomic E-state index is -0.762. The number of alkyl carbamates (subject to hydrolysis) is 1. The fourth-order valence-electron chi connectivity index (χ4n) is 2.93. The number of nitrogens with one attached hydrogen (secondary N) is 1. The maximum atomic E-state index is 12.6. The van der Waals surface area contributed by atoms with Gasteiger partial charge in [-0.2, -0.15) is 0 Å². The van der Waals surface area contributed by atoms with E-state index in [2.05, 4.69) is 5.32 Å². The van der Waals surface area contributed by atoms with E-state index < -0.39 is 23.7 Å². The SMILES string of the molecule is Cc1ccc(/C=C/C[C@H](NC(=O)OC(C)(C)C)C(=O)OC2CCCC2)cc1. The van der Waals surface area contributed by atoms with Crippen LogP contribution in [-0.2, 0) is 14.3 Å². The first-order valence-corrected chi connectivity index (χ1v) is 9.66. The zero-order chi connectivity index (χ0) is 19.9. The molecule has 1 atom stereocenters. The van der Waals surface area contributed by atoms with Crippen molar-refractivity contribution in [2.45, 2.75) is 77.5 Å². The topological polar surface area (TPSA) is 64.6 Å². The van der Waals surface area contributed by atoms with Gasteiger partial charge in [0.05, 0.1) is 0 Å². The molecule has 0 radical (unpaired) electrons. The van der Waals surface area contributed by atoms with E-state index in [1.807, 2.05) is 43.3 Å². The van der Waals surface area contributed by atoms with E-state index in [4.69, 9.17) is 9.47 Å². The van der Waals surface area contributed by atoms with Crippen LogP contribution in [-0.4, -0.2) is 29.8 Å². The lowest BCUT2D eigenvalue weighted by Gasteiger charge is -2.23. The fraction of sp³-hybridized carbons (Fsp3) is 0.545. The van der Waals surface area contributed by atoms with Crippen LogP contribution >= 0.6 is 0 Å². The van der Waals surface area contributed by atoms with Crippen molar-refractivity contribution in [3.8, 4) is 0 Å². The number of esters is 1. The molecule has 5 nitrogen and oxygen atoms in total. The summed E-state index contributed by atoms with van der Waals surface area (Å²) in [5, 5.41) is 2.66. The van der Waals surface area contributed by atoms with Gasteiger partial charge < -0.3 is 14.8 Å². The van der Waals surface area contributed by atoms with E-state index in [0.717, 1.165) is 31.2 Å². The zero-order valence-electron chi connectivity index (χ0n) is 16.8. The van der Waals surface area contributed by atoms with Crippen molar-refractivity contribution in [3.63, 3.8) is 0 Å². The fourth-order valence-corrected chi connectivity index (χ4v) is 2.93. The monoisotopic (exact) mass is 373 g/mol. The van der Waals surface area contributed by atoms with Crippen molar-refractivity contribution in [1.82, 2.24) is 5.32 Å². The first kappa shape index (κ1) is 21.0. The van der Waals surface area contributed by atoms with E-state index in [9.17, 15) is 9.59 Å². The first-order chi connectivity index (χ1) is 12.7. The number of hydrogen-bond donors (Lipinski definition) is 1. The molecule has 5 heteroatoms. The Bertz CT molecular complexity index is 652. The molecule has 1 saturated carbocycles. The number of ether oxygens (including phenoxy) is 2. The quantitative estimate of drug-likeness (QED) is 0.729. The largest absolute Gasteiger partial charge is 0.461 e. The molecule has 0 heterocycles. The highest BCUT2D eigenvalue weighted by molar-refractivity contribution is 5.82. The van der Waals surface area contributed by atoms with Gasteiger partial charge in [0.15, 0.2) is 0 Å². The minimum absolute atomic E-state index is 0.0403. The highest BCUT2D eigenvalue weighted by Crippen LogP contribution is 2.22. The van der Waals surface area contributed by atoms with Gasteiger partial charge >= 0.3 is 12.1 Å². The van der Waals surface area contributed by atoms with E-state index in [0.29, 0.717) is 6.42 Å². The number of hydrogen-bond acceptors (Lipinski definition) is 4. The molecule has 1 amide bonds. The molecule has 0 bridgehead atoms. The van der Waals surface area contributed by atoms with Crippen LogP contribution < -0.4 is 5.32 Å². The van der Waals surface area contributed by atoms with Crippen LogP contribution in [0.4, 0.5) is 4.79 Å². The summed E-state index contributed by atoms with van der Waals surface area (Å²) >= 11 is 0. The third-order valence-corrected chi connectivity index (χ3v) is 4.32. The van der Waals surface area contributed by atoms with Crippen molar-refractivity contribution in [2.24, 2.45) is 0 Å². The third kappa shape index (κ3) is 7.85. The van der Waals surface area contributed by atoms with Crippen molar-refractivity contribution >= 4 is 18.1 Å². The summed E-state index contributed by atoms with van der Waals surface area (Å²) in [4.78, 5) is 24.7. The van der Waals surface area contributed by atoms with Crippen molar-refractivity contribution in [3.05, 3.63) is 41.5 Å². The van der Waals surface area contributed by atoms with E-state index in [1.54, 1.807) is 20.8 Å². The molecule has 0 spiro atoms. The first-order valence-electron chi connectivity index (χ1n) is 9.66. The highest BCUT2D eigenvalue weighted by Gasteiger charge is 2.27. The Labute approximate surface area is 162 Å². The van der Waals surface area contributed by atoms with Crippen LogP contribution in [0, 0.1) is 6.92 Å². The van der Waals surface area contributed by atoms with Gasteiger partial charge in [0.25, 0.3) is 0 Å². The van der Waals surface area contributed by atoms with Gasteiger partial charge in [-0.05, 0) is 65.4 Å². The van der Waals surface area contributed by atoms with Crippen LogP contribution in [0.1, 0.15) is 64.0 Å². The number of benzene rings is 1. The Morgan fingerprint density at radius 2 is 1.81 bits per heavy atom. The number of carbonyl (C=O) groups excluding carboxylic acids is 2. The summed E-state index contributed by atoms with van der Waals surface area (Å²) < 4.78 is 10.9. The molecule has 1 aliphatic rings. The summed E-state index contributed by atoms with van der Waals surface area (Å²) in [5.41, 5.74) is 1.61. The summed E-state index contributed by atoms with van der Waals surface area (Å²) in [6.07, 6.45) is 7.45. The molecular weight excluding hydrogens is 342 g/mol. The molecule has 2 rings (SSSR count). The Morgan fingerprint density at radius 3 is 2.41 bits per heavy atom. The Kier molecular flexibility index (Phi) is 7.45. The smallest absolute Gasteiger partial charge is 0.408 e. The third-order valence-electron chi connectivity index (χ3n) is 4.32. The average molecular weight is 373 g/mol. The molecule has 0 saturated heterocycles. The lowest BCUT2D eigenvalue weighted by Crippen LogP contribution is -2.44. The molecule has 1 aromatic rings. The number of carbonyl (C=O) groups is 2. The molecule has 1 aliphatic carbocycles. The molecule has 148 valence electrons. The van der Waals surface area contributed by atoms with Crippen LogP contribution in [0.25, 0.3) is 6.08 Å². The van der Waals surface area contributed by atoms with Crippen LogP contribution in [0.3, 0.4) is 0 Å². The molecule has 1 aromatic carbocycles. The van der Waals surface area contributed by atoms with Crippen LogP contribution in [0.5, 0.6) is 0 Å². The Balaban J connectivity index is 1.99. The van der Waals surface area contributed by atoms with E-state index in [1.165, 1.54) is 5.56 Å². The molecule has 1 fully saturated rings. The standard InChI is InChI=1S/C22H31NO4/c1-16-12-14-17(15-13-16)8-7-11-19(23-21(25)27-22(2,3)4)20(24)26-18-9-5-6-10-18/h7-8,12-15,18-19H,5-6,9-11H2,1-4H3,(H,23,25)/b8-7+/t19-/m0/s1. The van der Waals surface area contributed by atoms with Crippen molar-refractivity contribution in [2.75, 3.05) is 0 Å². The van der Waals surface area contributed by atoms with Gasteiger partial charge in [-0.1, -0.05) is 42.0 Å². The maximum Gasteiger partial charge on any atom is 0.408 e. The normalized spacial score (nSPS) is 16.3. The number of rotatable bonds is 6. The second-order valence-electron chi connectivity index (χ2n) is 8.09. The zero-order valence-corrected chi connectivity index (χ0v) is 16.8. The van der Waals surface area contributed by atoms with E-state index in [-0.39, 0.29) is 6.10 Å². The number of aryl methyl sites for hydroxylation is 1. The molecular formula is C22H31NO4. The predicted molar refractivity (Wildman–Crippen MR) is 106 cm³/mol. The van der Waals surface area contributed by atoms with Gasteiger partial charge in [0.2, 0.25) is 0 Å². The highest BCUT2D eigenvalue weighted by atomic mass is 16.6. The van der Waals surface area contributed by atoms with Gasteiger partial charge in [-0.15, -0.1) is 0 Å². The molecule has 1 N–H and O–H groups in total. The Morgan fingerprint density at radius 1 is 1.19 bits per heavy atom. The summed E-state index contributed by atoms with van der Waals surface area (Å²) in [5.74, 6) is -0.402. The van der Waals surface area contributed by atoms with Crippen molar-refractivity contribution < 1.29 is 19.1 Å². The molecule has 27 heavy (non-hydrogen) atoms. The summed E-state index contributed by atoms with van der Waals surface area (Å²) in [7, 11) is 0. The average Bonchev–Trinajstić information content (AvgIpc) is 3.07. The Hall–Kier alpha value is -2.30. The van der Waals surface area contributed by atoms with E-state index >= 15 is 0 Å². The van der Waals surface area contributed by atoms with Gasteiger partial charge in [0, 0.05) is 0 Å². The van der Waals surface area contributed by atoms with Crippen molar-refractivity contribution in [1.29, 1.82) is 0 Å². The molecule has 0 aliphatic heterocycles. The second kappa shape index (κ2) is 9.58. The van der Waals surface area contributed by atoms with Gasteiger partial charge in [0.1, 0.15) is 17.7 Å². The molecule has 0 unspecified atom stereocenters. The lowest BCUT2D eigenvalue weighted by atomic mass is 10.1. The maximum absolute atomic E-state index is 12.6. The minimum Gasteiger partial charge on any atom is -0.461 e. The number of amides is 1. The van der Waals surface area contributed by atoms with Crippen LogP contribution in [0.2, 0.25) is 0 Å². The summed E-state index contributed by atoms with van der Waals surface area (Å²) in [6, 6.07) is 7.33. The second-order valence-corrected chi connectivity index (χ2v) is 8.09. The van der Waals surface area contributed by atoms with Gasteiger partial charge in [-0.3, -0.25) is 0 Å². The summed E-state index contributed by atoms with van der Waals surface area (Å²) in [6.45, 7) is 7.40. The molecule has 0 aromatic heterocycles. The van der Waals surface area contributed by atoms with Gasteiger partial charge in [-0.25, -0.2) is 9.59 Å².